The standard InChI is InChI=1S/C10H14NO6P/c12-10(13)9(11(14)7-18(15,16)17)6-8-4-2-1-3-5-8/h1-5,9,14H,6-7H2,(H,12,13)(H2,15,16,17)/t9-/m0/s1. The summed E-state index contributed by atoms with van der Waals surface area (Å²) in [7, 11) is -4.51. The topological polar surface area (TPSA) is 118 Å². The molecule has 7 nitrogen and oxygen atoms in total. The second kappa shape index (κ2) is 6.08. The maximum atomic E-state index is 11.0. The lowest BCUT2D eigenvalue weighted by Crippen LogP contribution is -2.41. The number of hydroxylamine groups is 2. The average molecular weight is 275 g/mol. The van der Waals surface area contributed by atoms with Crippen LogP contribution in [0.5, 0.6) is 0 Å². The molecule has 100 valence electrons. The summed E-state index contributed by atoms with van der Waals surface area (Å²) >= 11 is 0. The van der Waals surface area contributed by atoms with Crippen molar-refractivity contribution in [3.05, 3.63) is 35.9 Å². The van der Waals surface area contributed by atoms with Gasteiger partial charge in [0.05, 0.1) is 0 Å². The third-order valence-corrected chi connectivity index (χ3v) is 2.90. The highest BCUT2D eigenvalue weighted by Crippen LogP contribution is 2.35. The number of hydrogen-bond donors (Lipinski definition) is 4. The molecule has 0 amide bonds. The quantitative estimate of drug-likeness (QED) is 0.441. The summed E-state index contributed by atoms with van der Waals surface area (Å²) in [5, 5.41) is 18.5. The summed E-state index contributed by atoms with van der Waals surface area (Å²) in [5.74, 6) is -1.35. The molecule has 0 unspecified atom stereocenters. The Hall–Kier alpha value is -1.24. The lowest BCUT2D eigenvalue weighted by molar-refractivity contribution is -0.165. The van der Waals surface area contributed by atoms with Crippen LogP contribution in [-0.2, 0) is 15.8 Å². The third kappa shape index (κ3) is 4.95. The smallest absolute Gasteiger partial charge is 0.341 e. The van der Waals surface area contributed by atoms with E-state index in [0.29, 0.717) is 5.56 Å². The summed E-state index contributed by atoms with van der Waals surface area (Å²) < 4.78 is 10.7. The summed E-state index contributed by atoms with van der Waals surface area (Å²) in [6.07, 6.45) is -1.07. The van der Waals surface area contributed by atoms with E-state index in [9.17, 15) is 14.6 Å². The van der Waals surface area contributed by atoms with E-state index in [4.69, 9.17) is 14.9 Å². The van der Waals surface area contributed by atoms with Gasteiger partial charge in [-0.25, -0.2) is 0 Å². The average Bonchev–Trinajstić information content (AvgIpc) is 2.24. The van der Waals surface area contributed by atoms with Crippen molar-refractivity contribution in [3.8, 4) is 0 Å². The van der Waals surface area contributed by atoms with E-state index in [1.54, 1.807) is 30.3 Å². The molecule has 18 heavy (non-hydrogen) atoms. The second-order valence-corrected chi connectivity index (χ2v) is 5.40. The van der Waals surface area contributed by atoms with Crippen LogP contribution in [0.15, 0.2) is 30.3 Å². The van der Waals surface area contributed by atoms with Gasteiger partial charge < -0.3 is 20.1 Å². The second-order valence-electron chi connectivity index (χ2n) is 3.79. The molecule has 0 aliphatic rings. The van der Waals surface area contributed by atoms with Crippen LogP contribution in [0.25, 0.3) is 0 Å². The van der Waals surface area contributed by atoms with Gasteiger partial charge in [-0.3, -0.25) is 9.36 Å². The Balaban J connectivity index is 2.78. The van der Waals surface area contributed by atoms with Gasteiger partial charge in [-0.1, -0.05) is 30.3 Å². The largest absolute Gasteiger partial charge is 0.480 e. The maximum Gasteiger partial charge on any atom is 0.341 e. The first-order chi connectivity index (χ1) is 8.29. The number of carboxylic acid groups (broad SMARTS) is 1. The Bertz CT molecular complexity index is 445. The molecule has 0 radical (unpaired) electrons. The Morgan fingerprint density at radius 2 is 1.83 bits per heavy atom. The van der Waals surface area contributed by atoms with Crippen LogP contribution in [0.2, 0.25) is 0 Å². The van der Waals surface area contributed by atoms with Crippen molar-refractivity contribution in [2.75, 3.05) is 6.29 Å². The zero-order chi connectivity index (χ0) is 13.8. The lowest BCUT2D eigenvalue weighted by atomic mass is 10.1. The van der Waals surface area contributed by atoms with Crippen molar-refractivity contribution >= 4 is 13.6 Å². The molecule has 0 saturated heterocycles. The summed E-state index contributed by atoms with van der Waals surface area (Å²) in [4.78, 5) is 28.4. The molecule has 0 aliphatic carbocycles. The predicted molar refractivity (Wildman–Crippen MR) is 62.1 cm³/mol. The van der Waals surface area contributed by atoms with E-state index in [1.807, 2.05) is 0 Å². The molecule has 0 bridgehead atoms. The first kappa shape index (κ1) is 14.8. The van der Waals surface area contributed by atoms with E-state index < -0.39 is 25.9 Å². The molecule has 8 heteroatoms. The summed E-state index contributed by atoms with van der Waals surface area (Å²) in [5.41, 5.74) is 0.648. The van der Waals surface area contributed by atoms with Crippen molar-refractivity contribution in [3.63, 3.8) is 0 Å². The minimum Gasteiger partial charge on any atom is -0.480 e. The minimum atomic E-state index is -4.51. The van der Waals surface area contributed by atoms with Gasteiger partial charge in [-0.2, -0.15) is 5.06 Å². The van der Waals surface area contributed by atoms with E-state index in [2.05, 4.69) is 0 Å². The van der Waals surface area contributed by atoms with Crippen LogP contribution < -0.4 is 0 Å². The first-order valence-electron chi connectivity index (χ1n) is 5.06. The number of hydrogen-bond acceptors (Lipinski definition) is 4. The lowest BCUT2D eigenvalue weighted by Gasteiger charge is -2.22. The van der Waals surface area contributed by atoms with Crippen LogP contribution >= 0.6 is 7.60 Å². The van der Waals surface area contributed by atoms with Crippen molar-refractivity contribution < 1.29 is 29.5 Å². The normalized spacial score (nSPS) is 13.6. The number of benzene rings is 1. The maximum absolute atomic E-state index is 11.0. The van der Waals surface area contributed by atoms with Gasteiger partial charge in [0.15, 0.2) is 0 Å². The third-order valence-electron chi connectivity index (χ3n) is 2.25. The molecule has 0 spiro atoms. The molecule has 1 aromatic carbocycles. The van der Waals surface area contributed by atoms with Crippen LogP contribution in [0.1, 0.15) is 5.56 Å². The fourth-order valence-electron chi connectivity index (χ4n) is 1.44. The van der Waals surface area contributed by atoms with Crippen molar-refractivity contribution in [1.82, 2.24) is 5.06 Å². The molecule has 1 aromatic rings. The van der Waals surface area contributed by atoms with Crippen molar-refractivity contribution in [2.24, 2.45) is 0 Å². The highest BCUT2D eigenvalue weighted by atomic mass is 31.2. The molecule has 1 atom stereocenters. The number of carbonyl (C=O) groups is 1. The Kier molecular flexibility index (Phi) is 5.01. The zero-order valence-electron chi connectivity index (χ0n) is 9.38. The molecule has 4 N–H and O–H groups in total. The molecular formula is C10H14NO6P. The molecular weight excluding hydrogens is 261 g/mol. The molecule has 0 fully saturated rings. The number of carboxylic acids is 1. The van der Waals surface area contributed by atoms with Gasteiger partial charge >= 0.3 is 13.6 Å². The summed E-state index contributed by atoms with van der Waals surface area (Å²) in [6, 6.07) is 7.10. The van der Waals surface area contributed by atoms with Crippen molar-refractivity contribution in [1.29, 1.82) is 0 Å². The minimum absolute atomic E-state index is 0.0489. The predicted octanol–water partition coefficient (Wildman–Crippen LogP) is 0.509. The van der Waals surface area contributed by atoms with Crippen molar-refractivity contribution in [2.45, 2.75) is 12.5 Å². The first-order valence-corrected chi connectivity index (χ1v) is 6.86. The fraction of sp³-hybridized carbons (Fsp3) is 0.300. The zero-order valence-corrected chi connectivity index (χ0v) is 10.3. The van der Waals surface area contributed by atoms with E-state index in [1.165, 1.54) is 0 Å². The van der Waals surface area contributed by atoms with Gasteiger partial charge in [0.1, 0.15) is 12.3 Å². The van der Waals surface area contributed by atoms with E-state index in [-0.39, 0.29) is 11.5 Å². The van der Waals surface area contributed by atoms with Crippen LogP contribution in [0.3, 0.4) is 0 Å². The number of nitrogens with zero attached hydrogens (tertiary/aromatic N) is 1. The van der Waals surface area contributed by atoms with Crippen LogP contribution in [0.4, 0.5) is 0 Å². The number of aliphatic carboxylic acids is 1. The van der Waals surface area contributed by atoms with E-state index >= 15 is 0 Å². The van der Waals surface area contributed by atoms with Gasteiger partial charge in [-0.05, 0) is 5.56 Å². The number of rotatable bonds is 6. The Morgan fingerprint density at radius 3 is 2.28 bits per heavy atom. The molecule has 0 saturated carbocycles. The molecule has 0 heterocycles. The van der Waals surface area contributed by atoms with Crippen LogP contribution in [0, 0.1) is 0 Å². The highest BCUT2D eigenvalue weighted by molar-refractivity contribution is 7.51. The Morgan fingerprint density at radius 1 is 1.28 bits per heavy atom. The monoisotopic (exact) mass is 275 g/mol. The highest BCUT2D eigenvalue weighted by Gasteiger charge is 2.29. The molecule has 0 aliphatic heterocycles. The Labute approximate surface area is 103 Å². The molecule has 0 aromatic heterocycles. The van der Waals surface area contributed by atoms with Gasteiger partial charge in [0.2, 0.25) is 0 Å². The SMILES string of the molecule is O=C(O)[C@H](Cc1ccccc1)N(O)CP(=O)(O)O. The fourth-order valence-corrected chi connectivity index (χ4v) is 2.02. The van der Waals surface area contributed by atoms with Gasteiger partial charge in [0.25, 0.3) is 0 Å². The van der Waals surface area contributed by atoms with Gasteiger partial charge in [0, 0.05) is 6.42 Å². The van der Waals surface area contributed by atoms with E-state index in [0.717, 1.165) is 0 Å². The molecule has 1 rings (SSSR count). The van der Waals surface area contributed by atoms with Gasteiger partial charge in [-0.15, -0.1) is 0 Å². The summed E-state index contributed by atoms with van der Waals surface area (Å²) in [6.45, 7) is 0. The van der Waals surface area contributed by atoms with Crippen LogP contribution in [-0.4, -0.2) is 43.5 Å².